The van der Waals surface area contributed by atoms with Crippen molar-refractivity contribution in [1.29, 1.82) is 5.26 Å². The van der Waals surface area contributed by atoms with Gasteiger partial charge in [-0.15, -0.1) is 0 Å². The highest BCUT2D eigenvalue weighted by Crippen LogP contribution is 2.32. The molecular weight excluding hydrogens is 378 g/mol. The summed E-state index contributed by atoms with van der Waals surface area (Å²) in [6.45, 7) is 0. The minimum absolute atomic E-state index is 0.0411. The number of nitrogens with zero attached hydrogens (tertiary/aromatic N) is 3. The zero-order valence-electron chi connectivity index (χ0n) is 12.8. The molecule has 7 nitrogen and oxygen atoms in total. The standard InChI is InChI=1S/C16H12BrN3O4/c1-19(2)16(21)10(9-18)7-12-4-6-15(24-12)13-5-3-11(20(22)23)8-14(13)17/h3-8H,1-2H3. The van der Waals surface area contributed by atoms with Crippen LogP contribution in [0.15, 0.2) is 44.8 Å². The molecule has 0 saturated heterocycles. The van der Waals surface area contributed by atoms with Gasteiger partial charge in [0.1, 0.15) is 23.2 Å². The molecule has 0 aliphatic rings. The lowest BCUT2D eigenvalue weighted by molar-refractivity contribution is -0.384. The molecule has 8 heteroatoms. The lowest BCUT2D eigenvalue weighted by Crippen LogP contribution is -2.22. The van der Waals surface area contributed by atoms with Gasteiger partial charge in [0.05, 0.1) is 4.92 Å². The van der Waals surface area contributed by atoms with E-state index in [0.717, 1.165) is 0 Å². The maximum absolute atomic E-state index is 11.8. The Balaban J connectivity index is 2.36. The Morgan fingerprint density at radius 2 is 2.08 bits per heavy atom. The van der Waals surface area contributed by atoms with Crippen molar-refractivity contribution in [1.82, 2.24) is 4.90 Å². The topological polar surface area (TPSA) is 100 Å². The molecule has 0 N–H and O–H groups in total. The van der Waals surface area contributed by atoms with Gasteiger partial charge in [-0.25, -0.2) is 0 Å². The Morgan fingerprint density at radius 3 is 2.62 bits per heavy atom. The van der Waals surface area contributed by atoms with Crippen molar-refractivity contribution in [2.75, 3.05) is 14.1 Å². The molecule has 0 aliphatic carbocycles. The molecule has 0 spiro atoms. The third-order valence-corrected chi connectivity index (χ3v) is 3.76. The number of amides is 1. The number of furan rings is 1. The van der Waals surface area contributed by atoms with E-state index in [0.29, 0.717) is 21.6 Å². The molecule has 0 saturated carbocycles. The number of nitriles is 1. The summed E-state index contributed by atoms with van der Waals surface area (Å²) in [6.07, 6.45) is 1.35. The molecule has 1 aromatic heterocycles. The SMILES string of the molecule is CN(C)C(=O)C(C#N)=Cc1ccc(-c2ccc([N+](=O)[O-])cc2Br)o1. The number of non-ortho nitro benzene ring substituents is 1. The van der Waals surface area contributed by atoms with Crippen LogP contribution in [-0.2, 0) is 4.79 Å². The van der Waals surface area contributed by atoms with E-state index < -0.39 is 10.8 Å². The van der Waals surface area contributed by atoms with Crippen LogP contribution in [0.2, 0.25) is 0 Å². The lowest BCUT2D eigenvalue weighted by Gasteiger charge is -2.07. The molecule has 0 radical (unpaired) electrons. The second-order valence-electron chi connectivity index (χ2n) is 4.99. The summed E-state index contributed by atoms with van der Waals surface area (Å²) in [5.74, 6) is 0.367. The van der Waals surface area contributed by atoms with Crippen molar-refractivity contribution < 1.29 is 14.1 Å². The highest BCUT2D eigenvalue weighted by atomic mass is 79.9. The predicted molar refractivity (Wildman–Crippen MR) is 90.8 cm³/mol. The minimum Gasteiger partial charge on any atom is -0.457 e. The fraction of sp³-hybridized carbons (Fsp3) is 0.125. The van der Waals surface area contributed by atoms with Crippen LogP contribution in [0.1, 0.15) is 5.76 Å². The van der Waals surface area contributed by atoms with Crippen LogP contribution in [0.4, 0.5) is 5.69 Å². The van der Waals surface area contributed by atoms with E-state index in [2.05, 4.69) is 15.9 Å². The smallest absolute Gasteiger partial charge is 0.270 e. The summed E-state index contributed by atoms with van der Waals surface area (Å²) in [7, 11) is 3.10. The average molecular weight is 390 g/mol. The first-order valence-electron chi connectivity index (χ1n) is 6.71. The van der Waals surface area contributed by atoms with Crippen LogP contribution in [0.5, 0.6) is 0 Å². The second kappa shape index (κ2) is 7.10. The first-order chi connectivity index (χ1) is 11.3. The van der Waals surface area contributed by atoms with Crippen molar-refractivity contribution in [3.63, 3.8) is 0 Å². The summed E-state index contributed by atoms with van der Waals surface area (Å²) in [6, 6.07) is 9.42. The first-order valence-corrected chi connectivity index (χ1v) is 7.50. The molecule has 2 aromatic rings. The van der Waals surface area contributed by atoms with Gasteiger partial charge in [0, 0.05) is 42.3 Å². The largest absolute Gasteiger partial charge is 0.457 e. The molecule has 0 atom stereocenters. The van der Waals surface area contributed by atoms with Crippen molar-refractivity contribution in [2.24, 2.45) is 0 Å². The number of hydrogen-bond acceptors (Lipinski definition) is 5. The molecule has 0 bridgehead atoms. The van der Waals surface area contributed by atoms with E-state index in [4.69, 9.17) is 9.68 Å². The van der Waals surface area contributed by atoms with Gasteiger partial charge < -0.3 is 9.32 Å². The monoisotopic (exact) mass is 389 g/mol. The Kier molecular flexibility index (Phi) is 5.16. The lowest BCUT2D eigenvalue weighted by atomic mass is 10.1. The second-order valence-corrected chi connectivity index (χ2v) is 5.85. The summed E-state index contributed by atoms with van der Waals surface area (Å²) in [5, 5.41) is 19.8. The van der Waals surface area contributed by atoms with Gasteiger partial charge in [0.15, 0.2) is 0 Å². The third kappa shape index (κ3) is 3.70. The number of carbonyl (C=O) groups excluding carboxylic acids is 1. The van der Waals surface area contributed by atoms with Gasteiger partial charge in [-0.05, 0) is 34.1 Å². The number of likely N-dealkylation sites (N-methyl/N-ethyl adjacent to an activating group) is 1. The predicted octanol–water partition coefficient (Wildman–Crippen LogP) is 3.61. The van der Waals surface area contributed by atoms with E-state index in [1.165, 1.54) is 23.1 Å². The third-order valence-electron chi connectivity index (χ3n) is 3.10. The normalized spacial score (nSPS) is 11.0. The molecule has 1 heterocycles. The minimum atomic E-state index is -0.489. The number of halogens is 1. The fourth-order valence-corrected chi connectivity index (χ4v) is 2.48. The summed E-state index contributed by atoms with van der Waals surface area (Å²) in [4.78, 5) is 23.4. The molecule has 1 amide bonds. The molecule has 0 fully saturated rings. The van der Waals surface area contributed by atoms with E-state index in [1.54, 1.807) is 32.3 Å². The van der Waals surface area contributed by atoms with E-state index in [-0.39, 0.29) is 11.3 Å². The zero-order chi connectivity index (χ0) is 17.9. The molecule has 1 aromatic carbocycles. The fourth-order valence-electron chi connectivity index (χ4n) is 1.92. The average Bonchev–Trinajstić information content (AvgIpc) is 2.99. The number of nitro benzene ring substituents is 1. The Labute approximate surface area is 146 Å². The van der Waals surface area contributed by atoms with Gasteiger partial charge >= 0.3 is 0 Å². The van der Waals surface area contributed by atoms with Crippen LogP contribution in [0, 0.1) is 21.4 Å². The van der Waals surface area contributed by atoms with Gasteiger partial charge in [-0.3, -0.25) is 14.9 Å². The van der Waals surface area contributed by atoms with E-state index >= 15 is 0 Å². The molecule has 122 valence electrons. The molecular formula is C16H12BrN3O4. The summed E-state index contributed by atoms with van der Waals surface area (Å²) >= 11 is 3.28. The molecule has 24 heavy (non-hydrogen) atoms. The van der Waals surface area contributed by atoms with Crippen LogP contribution < -0.4 is 0 Å². The van der Waals surface area contributed by atoms with Crippen LogP contribution in [0.3, 0.4) is 0 Å². The highest BCUT2D eigenvalue weighted by molar-refractivity contribution is 9.10. The number of carbonyl (C=O) groups is 1. The van der Waals surface area contributed by atoms with Gasteiger partial charge in [-0.1, -0.05) is 0 Å². The van der Waals surface area contributed by atoms with Crippen LogP contribution in [-0.4, -0.2) is 29.8 Å². The quantitative estimate of drug-likeness (QED) is 0.344. The highest BCUT2D eigenvalue weighted by Gasteiger charge is 2.15. The molecule has 0 aliphatic heterocycles. The molecule has 2 rings (SSSR count). The van der Waals surface area contributed by atoms with Crippen LogP contribution in [0.25, 0.3) is 17.4 Å². The maximum atomic E-state index is 11.8. The number of nitro groups is 1. The molecule has 0 unspecified atom stereocenters. The number of benzene rings is 1. The Morgan fingerprint density at radius 1 is 1.38 bits per heavy atom. The van der Waals surface area contributed by atoms with E-state index in [1.807, 2.05) is 6.07 Å². The van der Waals surface area contributed by atoms with Crippen LogP contribution >= 0.6 is 15.9 Å². The Hall–Kier alpha value is -2.92. The zero-order valence-corrected chi connectivity index (χ0v) is 14.4. The summed E-state index contributed by atoms with van der Waals surface area (Å²) < 4.78 is 6.12. The van der Waals surface area contributed by atoms with Crippen molar-refractivity contribution in [2.45, 2.75) is 0 Å². The van der Waals surface area contributed by atoms with Crippen molar-refractivity contribution in [3.8, 4) is 17.4 Å². The van der Waals surface area contributed by atoms with Gasteiger partial charge in [0.25, 0.3) is 11.6 Å². The maximum Gasteiger partial charge on any atom is 0.270 e. The Bertz CT molecular complexity index is 878. The first kappa shape index (κ1) is 17.4. The van der Waals surface area contributed by atoms with Gasteiger partial charge in [0.2, 0.25) is 0 Å². The van der Waals surface area contributed by atoms with Gasteiger partial charge in [-0.2, -0.15) is 5.26 Å². The number of hydrogen-bond donors (Lipinski definition) is 0. The van der Waals surface area contributed by atoms with E-state index in [9.17, 15) is 14.9 Å². The number of rotatable bonds is 4. The summed E-state index contributed by atoms with van der Waals surface area (Å²) in [5.41, 5.74) is 0.530. The van der Waals surface area contributed by atoms with Crippen molar-refractivity contribution >= 4 is 33.6 Å². The van der Waals surface area contributed by atoms with Crippen molar-refractivity contribution in [3.05, 3.63) is 56.3 Å².